The summed E-state index contributed by atoms with van der Waals surface area (Å²) < 4.78 is 0. The van der Waals surface area contributed by atoms with Crippen LogP contribution in [-0.4, -0.2) is 0 Å². The molecule has 0 aliphatic heterocycles. The second kappa shape index (κ2) is 6.46. The molecule has 0 N–H and O–H groups in total. The quantitative estimate of drug-likeness (QED) is 0.481. The first-order valence-corrected chi connectivity index (χ1v) is 9.23. The van der Waals surface area contributed by atoms with Crippen molar-refractivity contribution >= 4 is 17.2 Å². The van der Waals surface area contributed by atoms with Gasteiger partial charge in [0.15, 0.2) is 0 Å². The van der Waals surface area contributed by atoms with Crippen LogP contribution in [0.15, 0.2) is 90.5 Å². The Kier molecular flexibility index (Phi) is 4.12. The summed E-state index contributed by atoms with van der Waals surface area (Å²) in [7, 11) is 0. The number of allylic oxidation sites excluding steroid dienone is 3. The first-order valence-electron chi connectivity index (χ1n) is 9.23. The fourth-order valence-electron chi connectivity index (χ4n) is 4.11. The van der Waals surface area contributed by atoms with Crippen molar-refractivity contribution in [2.75, 3.05) is 0 Å². The Balaban J connectivity index is 1.90. The maximum atomic E-state index is 2.37. The minimum Gasteiger partial charge on any atom is -0.0758 e. The van der Waals surface area contributed by atoms with Crippen LogP contribution in [0.5, 0.6) is 0 Å². The third-order valence-corrected chi connectivity index (χ3v) is 5.26. The highest BCUT2D eigenvalue weighted by molar-refractivity contribution is 6.19. The maximum absolute atomic E-state index is 2.37. The average molecular weight is 336 g/mol. The van der Waals surface area contributed by atoms with Gasteiger partial charge in [0.05, 0.1) is 0 Å². The smallest absolute Gasteiger partial charge is 0.0447 e. The van der Waals surface area contributed by atoms with Gasteiger partial charge >= 0.3 is 0 Å². The molecule has 0 nitrogen and oxygen atoms in total. The Morgan fingerprint density at radius 2 is 1.12 bits per heavy atom. The van der Waals surface area contributed by atoms with E-state index >= 15 is 0 Å². The number of rotatable bonds is 4. The lowest BCUT2D eigenvalue weighted by Crippen LogP contribution is -2.10. The molecule has 0 spiro atoms. The summed E-state index contributed by atoms with van der Waals surface area (Å²) in [5.74, 6) is 0. The van der Waals surface area contributed by atoms with Crippen LogP contribution in [0.1, 0.15) is 43.0 Å². The summed E-state index contributed by atoms with van der Waals surface area (Å²) >= 11 is 0. The van der Waals surface area contributed by atoms with E-state index in [0.29, 0.717) is 0 Å². The van der Waals surface area contributed by atoms with E-state index in [1.807, 2.05) is 0 Å². The van der Waals surface area contributed by atoms with E-state index in [2.05, 4.69) is 112 Å². The molecule has 1 aliphatic rings. The molecular formula is C26H24. The highest BCUT2D eigenvalue weighted by Crippen LogP contribution is 2.64. The Morgan fingerprint density at radius 1 is 0.654 bits per heavy atom. The van der Waals surface area contributed by atoms with E-state index in [9.17, 15) is 0 Å². The predicted molar refractivity (Wildman–Crippen MR) is 113 cm³/mol. The van der Waals surface area contributed by atoms with Crippen LogP contribution >= 0.6 is 0 Å². The molecule has 0 saturated heterocycles. The Labute approximate surface area is 156 Å². The van der Waals surface area contributed by atoms with Crippen molar-refractivity contribution < 1.29 is 0 Å². The number of hydrogen-bond donors (Lipinski definition) is 0. The third-order valence-electron chi connectivity index (χ3n) is 5.26. The van der Waals surface area contributed by atoms with Crippen molar-refractivity contribution in [2.24, 2.45) is 0 Å². The van der Waals surface area contributed by atoms with Crippen molar-refractivity contribution in [1.82, 2.24) is 0 Å². The Morgan fingerprint density at radius 3 is 1.62 bits per heavy atom. The topological polar surface area (TPSA) is 0 Å². The molecule has 0 heterocycles. The van der Waals surface area contributed by atoms with Crippen molar-refractivity contribution in [1.29, 1.82) is 0 Å². The predicted octanol–water partition coefficient (Wildman–Crippen LogP) is 6.99. The monoisotopic (exact) mass is 336 g/mol. The van der Waals surface area contributed by atoms with Gasteiger partial charge < -0.3 is 0 Å². The summed E-state index contributed by atoms with van der Waals surface area (Å²) in [5, 5.41) is 0. The van der Waals surface area contributed by atoms with Crippen molar-refractivity contribution in [3.63, 3.8) is 0 Å². The lowest BCUT2D eigenvalue weighted by Gasteiger charge is -2.19. The number of benzene rings is 3. The van der Waals surface area contributed by atoms with Gasteiger partial charge in [-0.25, -0.2) is 0 Å². The normalized spacial score (nSPS) is 14.9. The second-order valence-electron chi connectivity index (χ2n) is 7.42. The van der Waals surface area contributed by atoms with E-state index in [4.69, 9.17) is 0 Å². The van der Waals surface area contributed by atoms with Crippen LogP contribution in [0.3, 0.4) is 0 Å². The van der Waals surface area contributed by atoms with Gasteiger partial charge in [0.25, 0.3) is 0 Å². The van der Waals surface area contributed by atoms with Crippen LogP contribution in [-0.2, 0) is 5.41 Å². The highest BCUT2D eigenvalue weighted by Gasteiger charge is 2.52. The second-order valence-corrected chi connectivity index (χ2v) is 7.42. The highest BCUT2D eigenvalue weighted by atomic mass is 14.5. The van der Waals surface area contributed by atoms with Gasteiger partial charge in [-0.1, -0.05) is 96.6 Å². The fraction of sp³-hybridized carbons (Fsp3) is 0.154. The first-order chi connectivity index (χ1) is 12.6. The van der Waals surface area contributed by atoms with E-state index in [1.165, 1.54) is 39.0 Å². The molecule has 4 rings (SSSR count). The summed E-state index contributed by atoms with van der Waals surface area (Å²) in [6.07, 6.45) is 2.30. The molecule has 0 unspecified atom stereocenters. The van der Waals surface area contributed by atoms with E-state index in [1.54, 1.807) is 0 Å². The van der Waals surface area contributed by atoms with E-state index in [-0.39, 0.29) is 5.41 Å². The standard InChI is InChI=1S/C26H24/c1-19(2)18-22-16-10-11-17-23(22)26(3)24(20-12-6-4-7-13-20)25(26)21-14-8-5-9-15-21/h4-18H,1-3H3. The maximum Gasteiger partial charge on any atom is 0.0447 e. The lowest BCUT2D eigenvalue weighted by molar-refractivity contribution is 0.893. The van der Waals surface area contributed by atoms with Crippen LogP contribution in [0.2, 0.25) is 0 Å². The van der Waals surface area contributed by atoms with Crippen LogP contribution in [0.25, 0.3) is 17.2 Å². The average Bonchev–Trinajstić information content (AvgIpc) is 3.30. The lowest BCUT2D eigenvalue weighted by atomic mass is 9.83. The van der Waals surface area contributed by atoms with Gasteiger partial charge in [-0.15, -0.1) is 0 Å². The van der Waals surface area contributed by atoms with E-state index in [0.717, 1.165) is 0 Å². The van der Waals surface area contributed by atoms with Crippen LogP contribution in [0, 0.1) is 0 Å². The SMILES string of the molecule is CC(C)=Cc1ccccc1C1(C)C(c2ccccc2)=C1c1ccccc1. The van der Waals surface area contributed by atoms with Gasteiger partial charge in [0.2, 0.25) is 0 Å². The van der Waals surface area contributed by atoms with Gasteiger partial charge in [-0.2, -0.15) is 0 Å². The first kappa shape index (κ1) is 16.6. The van der Waals surface area contributed by atoms with Crippen molar-refractivity contribution in [3.05, 3.63) is 113 Å². The third kappa shape index (κ3) is 2.72. The van der Waals surface area contributed by atoms with Crippen molar-refractivity contribution in [3.8, 4) is 0 Å². The van der Waals surface area contributed by atoms with Gasteiger partial charge in [0, 0.05) is 5.41 Å². The van der Waals surface area contributed by atoms with E-state index < -0.39 is 0 Å². The molecule has 26 heavy (non-hydrogen) atoms. The molecule has 128 valence electrons. The Bertz CT molecular complexity index is 935. The molecule has 0 atom stereocenters. The largest absolute Gasteiger partial charge is 0.0758 e. The Hall–Kier alpha value is -2.86. The number of hydrogen-bond acceptors (Lipinski definition) is 0. The molecule has 0 radical (unpaired) electrons. The minimum absolute atomic E-state index is 0.0503. The summed E-state index contributed by atoms with van der Waals surface area (Å²) in [5.41, 5.74) is 9.50. The molecule has 0 bridgehead atoms. The molecule has 0 amide bonds. The fourth-order valence-corrected chi connectivity index (χ4v) is 4.11. The van der Waals surface area contributed by atoms with Crippen LogP contribution < -0.4 is 0 Å². The van der Waals surface area contributed by atoms with Gasteiger partial charge in [0.1, 0.15) is 0 Å². The molecule has 3 aromatic rings. The van der Waals surface area contributed by atoms with Gasteiger partial charge in [-0.3, -0.25) is 0 Å². The molecule has 0 heteroatoms. The molecule has 0 saturated carbocycles. The summed E-state index contributed by atoms with van der Waals surface area (Å²) in [6.45, 7) is 6.70. The van der Waals surface area contributed by atoms with Crippen molar-refractivity contribution in [2.45, 2.75) is 26.2 Å². The zero-order chi connectivity index (χ0) is 18.1. The molecule has 1 aliphatic carbocycles. The summed E-state index contributed by atoms with van der Waals surface area (Å²) in [4.78, 5) is 0. The zero-order valence-electron chi connectivity index (χ0n) is 15.7. The van der Waals surface area contributed by atoms with Crippen LogP contribution in [0.4, 0.5) is 0 Å². The molecule has 0 fully saturated rings. The minimum atomic E-state index is -0.0503. The molecule has 3 aromatic carbocycles. The molecule has 0 aromatic heterocycles. The summed E-state index contributed by atoms with van der Waals surface area (Å²) in [6, 6.07) is 30.4. The zero-order valence-corrected chi connectivity index (χ0v) is 15.7. The molecular weight excluding hydrogens is 312 g/mol. The van der Waals surface area contributed by atoms with Gasteiger partial charge in [-0.05, 0) is 54.2 Å².